The molecule has 3 heteroatoms. The lowest BCUT2D eigenvalue weighted by Gasteiger charge is -2.17. The molecule has 0 heterocycles. The van der Waals surface area contributed by atoms with E-state index in [1.165, 1.54) is 16.3 Å². The van der Waals surface area contributed by atoms with Crippen molar-refractivity contribution in [3.8, 4) is 0 Å². The van der Waals surface area contributed by atoms with E-state index in [4.69, 9.17) is 11.1 Å². The summed E-state index contributed by atoms with van der Waals surface area (Å²) in [6, 6.07) is 14.4. The zero-order chi connectivity index (χ0) is 11.5. The minimum atomic E-state index is 0.0907. The van der Waals surface area contributed by atoms with Crippen LogP contribution in [0.5, 0.6) is 0 Å². The summed E-state index contributed by atoms with van der Waals surface area (Å²) in [6.07, 6.45) is 0. The van der Waals surface area contributed by atoms with E-state index in [-0.39, 0.29) is 5.96 Å². The summed E-state index contributed by atoms with van der Waals surface area (Å²) >= 11 is 0. The van der Waals surface area contributed by atoms with Crippen LogP contribution in [0.3, 0.4) is 0 Å². The highest BCUT2D eigenvalue weighted by molar-refractivity contribution is 5.86. The molecule has 0 amide bonds. The Labute approximate surface area is 95.0 Å². The third kappa shape index (κ3) is 1.98. The van der Waals surface area contributed by atoms with Gasteiger partial charge in [0.15, 0.2) is 5.96 Å². The third-order valence-electron chi connectivity index (χ3n) is 2.70. The van der Waals surface area contributed by atoms with E-state index in [1.807, 2.05) is 25.2 Å². The lowest BCUT2D eigenvalue weighted by atomic mass is 10.0. The van der Waals surface area contributed by atoms with Crippen molar-refractivity contribution in [3.05, 3.63) is 48.0 Å². The molecule has 0 atom stereocenters. The Morgan fingerprint density at radius 2 is 1.88 bits per heavy atom. The molecule has 0 fully saturated rings. The van der Waals surface area contributed by atoms with E-state index in [2.05, 4.69) is 24.3 Å². The van der Waals surface area contributed by atoms with Gasteiger partial charge in [-0.15, -0.1) is 0 Å². The monoisotopic (exact) mass is 213 g/mol. The average Bonchev–Trinajstić information content (AvgIpc) is 2.29. The second-order valence-corrected chi connectivity index (χ2v) is 3.88. The Bertz CT molecular complexity index is 514. The van der Waals surface area contributed by atoms with Gasteiger partial charge in [-0.2, -0.15) is 0 Å². The summed E-state index contributed by atoms with van der Waals surface area (Å²) in [7, 11) is 1.82. The Hall–Kier alpha value is -2.03. The Morgan fingerprint density at radius 1 is 1.19 bits per heavy atom. The first-order chi connectivity index (χ1) is 7.68. The van der Waals surface area contributed by atoms with Crippen molar-refractivity contribution < 1.29 is 0 Å². The second-order valence-electron chi connectivity index (χ2n) is 3.88. The topological polar surface area (TPSA) is 53.1 Å². The van der Waals surface area contributed by atoms with Crippen LogP contribution < -0.4 is 5.73 Å². The first-order valence-corrected chi connectivity index (χ1v) is 5.20. The van der Waals surface area contributed by atoms with Crippen LogP contribution >= 0.6 is 0 Å². The van der Waals surface area contributed by atoms with Crippen LogP contribution in [-0.4, -0.2) is 17.9 Å². The Balaban J connectivity index is 2.41. The normalized spacial score (nSPS) is 10.3. The van der Waals surface area contributed by atoms with Crippen molar-refractivity contribution in [1.82, 2.24) is 4.90 Å². The standard InChI is InChI=1S/C13H15N3/c1-16(13(14)15)9-11-7-4-6-10-5-2-3-8-12(10)11/h2-8H,9H2,1H3,(H3,14,15). The maximum atomic E-state index is 7.36. The van der Waals surface area contributed by atoms with E-state index in [0.717, 1.165) is 0 Å². The van der Waals surface area contributed by atoms with Gasteiger partial charge in [-0.1, -0.05) is 42.5 Å². The molecule has 0 aromatic heterocycles. The lowest BCUT2D eigenvalue weighted by molar-refractivity contribution is 0.493. The molecule has 0 aliphatic carbocycles. The predicted octanol–water partition coefficient (Wildman–Crippen LogP) is 2.17. The van der Waals surface area contributed by atoms with Gasteiger partial charge < -0.3 is 10.6 Å². The number of nitrogens with zero attached hydrogens (tertiary/aromatic N) is 1. The van der Waals surface area contributed by atoms with E-state index in [1.54, 1.807) is 4.90 Å². The highest BCUT2D eigenvalue weighted by Crippen LogP contribution is 2.19. The van der Waals surface area contributed by atoms with Gasteiger partial charge in [0.05, 0.1) is 0 Å². The van der Waals surface area contributed by atoms with Crippen molar-refractivity contribution in [2.75, 3.05) is 7.05 Å². The van der Waals surface area contributed by atoms with Crippen molar-refractivity contribution in [3.63, 3.8) is 0 Å². The van der Waals surface area contributed by atoms with Crippen LogP contribution in [-0.2, 0) is 6.54 Å². The fourth-order valence-electron chi connectivity index (χ4n) is 1.77. The maximum absolute atomic E-state index is 7.36. The van der Waals surface area contributed by atoms with E-state index in [0.29, 0.717) is 6.54 Å². The summed E-state index contributed by atoms with van der Waals surface area (Å²) in [5.41, 5.74) is 6.63. The molecule has 0 radical (unpaired) electrons. The van der Waals surface area contributed by atoms with E-state index in [9.17, 15) is 0 Å². The zero-order valence-corrected chi connectivity index (χ0v) is 9.27. The van der Waals surface area contributed by atoms with Gasteiger partial charge in [0, 0.05) is 13.6 Å². The van der Waals surface area contributed by atoms with Gasteiger partial charge in [0.2, 0.25) is 0 Å². The molecule has 0 bridgehead atoms. The molecule has 16 heavy (non-hydrogen) atoms. The summed E-state index contributed by atoms with van der Waals surface area (Å²) in [4.78, 5) is 1.72. The first kappa shape index (κ1) is 10.5. The van der Waals surface area contributed by atoms with Crippen LogP contribution in [0.1, 0.15) is 5.56 Å². The lowest BCUT2D eigenvalue weighted by Crippen LogP contribution is -2.32. The van der Waals surface area contributed by atoms with Gasteiger partial charge in [0.1, 0.15) is 0 Å². The van der Waals surface area contributed by atoms with Crippen LogP contribution in [0.4, 0.5) is 0 Å². The number of rotatable bonds is 2. The van der Waals surface area contributed by atoms with Crippen LogP contribution in [0.25, 0.3) is 10.8 Å². The molecule has 0 aliphatic rings. The fourth-order valence-corrected chi connectivity index (χ4v) is 1.77. The Morgan fingerprint density at radius 3 is 2.62 bits per heavy atom. The number of benzene rings is 2. The molecule has 3 nitrogen and oxygen atoms in total. The van der Waals surface area contributed by atoms with E-state index < -0.39 is 0 Å². The van der Waals surface area contributed by atoms with Gasteiger partial charge in [0.25, 0.3) is 0 Å². The van der Waals surface area contributed by atoms with Crippen LogP contribution in [0.2, 0.25) is 0 Å². The molecule has 3 N–H and O–H groups in total. The molecule has 0 aliphatic heterocycles. The minimum Gasteiger partial charge on any atom is -0.370 e. The van der Waals surface area contributed by atoms with Gasteiger partial charge in [-0.25, -0.2) is 0 Å². The molecule has 0 saturated carbocycles. The van der Waals surface area contributed by atoms with Gasteiger partial charge >= 0.3 is 0 Å². The highest BCUT2D eigenvalue weighted by Gasteiger charge is 2.04. The molecule has 2 rings (SSSR count). The first-order valence-electron chi connectivity index (χ1n) is 5.20. The number of nitrogens with one attached hydrogen (secondary N) is 1. The Kier molecular flexibility index (Phi) is 2.77. The molecule has 82 valence electrons. The molecular formula is C13H15N3. The van der Waals surface area contributed by atoms with E-state index >= 15 is 0 Å². The molecule has 0 unspecified atom stereocenters. The average molecular weight is 213 g/mol. The van der Waals surface area contributed by atoms with Gasteiger partial charge in [-0.3, -0.25) is 5.41 Å². The highest BCUT2D eigenvalue weighted by atomic mass is 15.2. The molecule has 2 aromatic rings. The predicted molar refractivity (Wildman–Crippen MR) is 67.3 cm³/mol. The number of guanidine groups is 1. The number of nitrogens with two attached hydrogens (primary N) is 1. The third-order valence-corrected chi connectivity index (χ3v) is 2.70. The van der Waals surface area contributed by atoms with Crippen molar-refractivity contribution in [2.24, 2.45) is 5.73 Å². The SMILES string of the molecule is CN(Cc1cccc2ccccc12)C(=N)N. The minimum absolute atomic E-state index is 0.0907. The number of hydrogen-bond acceptors (Lipinski definition) is 1. The summed E-state index contributed by atoms with van der Waals surface area (Å²) in [5, 5.41) is 9.80. The number of fused-ring (bicyclic) bond motifs is 1. The molecule has 2 aromatic carbocycles. The van der Waals surface area contributed by atoms with Gasteiger partial charge in [-0.05, 0) is 16.3 Å². The quantitative estimate of drug-likeness (QED) is 0.593. The fraction of sp³-hybridized carbons (Fsp3) is 0.154. The van der Waals surface area contributed by atoms with Crippen LogP contribution in [0, 0.1) is 5.41 Å². The second kappa shape index (κ2) is 4.23. The van der Waals surface area contributed by atoms with Crippen molar-refractivity contribution in [2.45, 2.75) is 6.54 Å². The number of hydrogen-bond donors (Lipinski definition) is 2. The molecular weight excluding hydrogens is 198 g/mol. The van der Waals surface area contributed by atoms with Crippen molar-refractivity contribution >= 4 is 16.7 Å². The van der Waals surface area contributed by atoms with Crippen LogP contribution in [0.15, 0.2) is 42.5 Å². The molecule has 0 saturated heterocycles. The maximum Gasteiger partial charge on any atom is 0.188 e. The largest absolute Gasteiger partial charge is 0.370 e. The van der Waals surface area contributed by atoms with Crippen molar-refractivity contribution in [1.29, 1.82) is 5.41 Å². The smallest absolute Gasteiger partial charge is 0.188 e. The zero-order valence-electron chi connectivity index (χ0n) is 9.27. The summed E-state index contributed by atoms with van der Waals surface area (Å²) in [6.45, 7) is 0.663. The summed E-state index contributed by atoms with van der Waals surface area (Å²) < 4.78 is 0. The molecule has 0 spiro atoms. The summed E-state index contributed by atoms with van der Waals surface area (Å²) in [5.74, 6) is 0.0907.